The van der Waals surface area contributed by atoms with E-state index >= 15 is 0 Å². The van der Waals surface area contributed by atoms with Crippen molar-refractivity contribution in [3.05, 3.63) is 62.7 Å². The molecule has 0 spiro atoms. The standard InChI is InChI=1S/C21H19N3O7/c1-4-31-17-10-13(9-16(18(17)25)24(29)30)8-14-19(26)22-21(28)23(20(14)27)15-6-5-11(2)7-12(15)3/h5-10,25H,4H2,1-3H3,(H,22,26,28)/b14-8-. The molecule has 10 heteroatoms. The monoisotopic (exact) mass is 425 g/mol. The van der Waals surface area contributed by atoms with Gasteiger partial charge in [0.25, 0.3) is 11.8 Å². The number of hydrogen-bond acceptors (Lipinski definition) is 7. The van der Waals surface area contributed by atoms with Crippen molar-refractivity contribution in [2.75, 3.05) is 11.5 Å². The third kappa shape index (κ3) is 4.08. The van der Waals surface area contributed by atoms with Crippen molar-refractivity contribution in [1.82, 2.24) is 5.32 Å². The van der Waals surface area contributed by atoms with E-state index in [2.05, 4.69) is 5.32 Å². The van der Waals surface area contributed by atoms with Gasteiger partial charge in [0.2, 0.25) is 5.75 Å². The number of benzene rings is 2. The zero-order chi connectivity index (χ0) is 22.9. The van der Waals surface area contributed by atoms with Gasteiger partial charge in [0.1, 0.15) is 5.57 Å². The average molecular weight is 425 g/mol. The van der Waals surface area contributed by atoms with Gasteiger partial charge < -0.3 is 9.84 Å². The van der Waals surface area contributed by atoms with Crippen molar-refractivity contribution in [3.63, 3.8) is 0 Å². The summed E-state index contributed by atoms with van der Waals surface area (Å²) < 4.78 is 5.21. The molecule has 1 saturated heterocycles. The summed E-state index contributed by atoms with van der Waals surface area (Å²) in [7, 11) is 0. The number of carbonyl (C=O) groups is 3. The number of ether oxygens (including phenoxy) is 1. The highest BCUT2D eigenvalue weighted by Crippen LogP contribution is 2.38. The predicted octanol–water partition coefficient (Wildman–Crippen LogP) is 2.98. The van der Waals surface area contributed by atoms with Crippen LogP contribution in [0.2, 0.25) is 0 Å². The van der Waals surface area contributed by atoms with Crippen LogP contribution in [0, 0.1) is 24.0 Å². The molecule has 2 N–H and O–H groups in total. The first-order chi connectivity index (χ1) is 14.6. The first kappa shape index (κ1) is 21.5. The first-order valence-corrected chi connectivity index (χ1v) is 9.27. The molecule has 0 bridgehead atoms. The Labute approximate surface area is 176 Å². The second-order valence-corrected chi connectivity index (χ2v) is 6.82. The van der Waals surface area contributed by atoms with Crippen LogP contribution in [0.4, 0.5) is 16.2 Å². The van der Waals surface area contributed by atoms with Crippen LogP contribution in [0.5, 0.6) is 11.5 Å². The number of barbiturate groups is 1. The molecule has 0 atom stereocenters. The number of nitrogens with zero attached hydrogens (tertiary/aromatic N) is 2. The third-order valence-corrected chi connectivity index (χ3v) is 4.58. The van der Waals surface area contributed by atoms with E-state index in [1.807, 2.05) is 6.92 Å². The van der Waals surface area contributed by atoms with E-state index in [1.54, 1.807) is 32.0 Å². The molecule has 0 radical (unpaired) electrons. The van der Waals surface area contributed by atoms with Gasteiger partial charge in [-0.3, -0.25) is 25.0 Å². The lowest BCUT2D eigenvalue weighted by molar-refractivity contribution is -0.386. The maximum Gasteiger partial charge on any atom is 0.335 e. The Balaban J connectivity index is 2.11. The summed E-state index contributed by atoms with van der Waals surface area (Å²) in [6.07, 6.45) is 1.11. The molecule has 0 unspecified atom stereocenters. The smallest absolute Gasteiger partial charge is 0.335 e. The van der Waals surface area contributed by atoms with Crippen molar-refractivity contribution in [1.29, 1.82) is 0 Å². The van der Waals surface area contributed by atoms with E-state index < -0.39 is 39.8 Å². The summed E-state index contributed by atoms with van der Waals surface area (Å²) in [4.78, 5) is 49.1. The molecule has 31 heavy (non-hydrogen) atoms. The Morgan fingerprint density at radius 3 is 2.52 bits per heavy atom. The number of urea groups is 1. The number of phenolic OH excluding ortho intramolecular Hbond substituents is 1. The van der Waals surface area contributed by atoms with E-state index in [-0.39, 0.29) is 17.9 Å². The molecule has 3 rings (SSSR count). The number of aromatic hydroxyl groups is 1. The summed E-state index contributed by atoms with van der Waals surface area (Å²) in [5.74, 6) is -2.66. The van der Waals surface area contributed by atoms with Gasteiger partial charge >= 0.3 is 11.7 Å². The van der Waals surface area contributed by atoms with E-state index in [0.29, 0.717) is 11.3 Å². The Morgan fingerprint density at radius 1 is 1.19 bits per heavy atom. The maximum atomic E-state index is 13.0. The quantitative estimate of drug-likeness (QED) is 0.325. The highest BCUT2D eigenvalue weighted by Gasteiger charge is 2.37. The lowest BCUT2D eigenvalue weighted by Gasteiger charge is -2.27. The minimum atomic E-state index is -0.940. The molecular formula is C21H19N3O7. The summed E-state index contributed by atoms with van der Waals surface area (Å²) >= 11 is 0. The fourth-order valence-corrected chi connectivity index (χ4v) is 3.20. The first-order valence-electron chi connectivity index (χ1n) is 9.27. The van der Waals surface area contributed by atoms with E-state index in [9.17, 15) is 29.6 Å². The van der Waals surface area contributed by atoms with E-state index in [0.717, 1.165) is 22.6 Å². The number of imide groups is 2. The van der Waals surface area contributed by atoms with E-state index in [1.165, 1.54) is 6.07 Å². The van der Waals surface area contributed by atoms with Gasteiger partial charge in [0.05, 0.1) is 17.2 Å². The minimum absolute atomic E-state index is 0.0707. The lowest BCUT2D eigenvalue weighted by Crippen LogP contribution is -2.54. The number of nitro groups is 1. The highest BCUT2D eigenvalue weighted by molar-refractivity contribution is 6.39. The lowest BCUT2D eigenvalue weighted by atomic mass is 10.0. The summed E-state index contributed by atoms with van der Waals surface area (Å²) in [5.41, 5.74) is 0.902. The number of rotatable bonds is 5. The highest BCUT2D eigenvalue weighted by atomic mass is 16.6. The summed E-state index contributed by atoms with van der Waals surface area (Å²) in [5, 5.41) is 23.4. The second kappa shape index (κ2) is 8.27. The van der Waals surface area contributed by atoms with Crippen molar-refractivity contribution in [3.8, 4) is 11.5 Å². The van der Waals surface area contributed by atoms with Crippen molar-refractivity contribution in [2.45, 2.75) is 20.8 Å². The van der Waals surface area contributed by atoms with Crippen LogP contribution < -0.4 is 15.0 Å². The van der Waals surface area contributed by atoms with Crippen LogP contribution in [0.15, 0.2) is 35.9 Å². The SMILES string of the molecule is CCOc1cc(/C=C2/C(=O)NC(=O)N(c3ccc(C)cc3C)C2=O)cc([N+](=O)[O-])c1O. The van der Waals surface area contributed by atoms with Crippen LogP contribution in [-0.4, -0.2) is 34.5 Å². The number of nitrogens with one attached hydrogen (secondary N) is 1. The van der Waals surface area contributed by atoms with Gasteiger partial charge in [-0.15, -0.1) is 0 Å². The Kier molecular flexibility index (Phi) is 5.73. The summed E-state index contributed by atoms with van der Waals surface area (Å²) in [6.45, 7) is 5.33. The Hall–Kier alpha value is -4.21. The molecule has 0 aliphatic carbocycles. The fraction of sp³-hybridized carbons (Fsp3) is 0.190. The van der Waals surface area contributed by atoms with Gasteiger partial charge in [-0.05, 0) is 50.1 Å². The van der Waals surface area contributed by atoms with Gasteiger partial charge in [0, 0.05) is 6.07 Å². The molecule has 2 aromatic carbocycles. The van der Waals surface area contributed by atoms with Crippen LogP contribution in [0.25, 0.3) is 6.08 Å². The zero-order valence-electron chi connectivity index (χ0n) is 17.0. The Bertz CT molecular complexity index is 1150. The minimum Gasteiger partial charge on any atom is -0.500 e. The molecule has 10 nitrogen and oxygen atoms in total. The van der Waals surface area contributed by atoms with Crippen molar-refractivity contribution < 1.29 is 29.2 Å². The van der Waals surface area contributed by atoms with E-state index in [4.69, 9.17) is 4.74 Å². The van der Waals surface area contributed by atoms with Gasteiger partial charge in [-0.2, -0.15) is 0 Å². The summed E-state index contributed by atoms with van der Waals surface area (Å²) in [6, 6.07) is 6.47. The number of aryl methyl sites for hydroxylation is 2. The number of phenols is 1. The molecule has 160 valence electrons. The number of amides is 4. The zero-order valence-corrected chi connectivity index (χ0v) is 17.0. The van der Waals surface area contributed by atoms with Gasteiger partial charge in [-0.25, -0.2) is 9.69 Å². The molecule has 2 aromatic rings. The van der Waals surface area contributed by atoms with Gasteiger partial charge in [0.15, 0.2) is 5.75 Å². The fourth-order valence-electron chi connectivity index (χ4n) is 3.20. The molecule has 1 fully saturated rings. The predicted molar refractivity (Wildman–Crippen MR) is 111 cm³/mol. The van der Waals surface area contributed by atoms with Crippen LogP contribution in [0.3, 0.4) is 0 Å². The van der Waals surface area contributed by atoms with Crippen molar-refractivity contribution in [2.24, 2.45) is 0 Å². The maximum absolute atomic E-state index is 13.0. The van der Waals surface area contributed by atoms with Crippen LogP contribution in [-0.2, 0) is 9.59 Å². The molecule has 1 heterocycles. The normalized spacial score (nSPS) is 15.3. The molecular weight excluding hydrogens is 406 g/mol. The van der Waals surface area contributed by atoms with Crippen LogP contribution >= 0.6 is 0 Å². The number of carbonyl (C=O) groups excluding carboxylic acids is 3. The number of nitro benzene ring substituents is 1. The molecule has 0 saturated carbocycles. The van der Waals surface area contributed by atoms with Crippen molar-refractivity contribution >= 4 is 35.3 Å². The Morgan fingerprint density at radius 2 is 1.90 bits per heavy atom. The topological polar surface area (TPSA) is 139 Å². The number of hydrogen-bond donors (Lipinski definition) is 2. The second-order valence-electron chi connectivity index (χ2n) is 6.82. The third-order valence-electron chi connectivity index (χ3n) is 4.58. The molecule has 1 aliphatic heterocycles. The van der Waals surface area contributed by atoms with Crippen LogP contribution in [0.1, 0.15) is 23.6 Å². The molecule has 0 aromatic heterocycles. The molecule has 1 aliphatic rings. The van der Waals surface area contributed by atoms with Gasteiger partial charge in [-0.1, -0.05) is 17.7 Å². The largest absolute Gasteiger partial charge is 0.500 e. The number of anilines is 1. The average Bonchev–Trinajstić information content (AvgIpc) is 2.68. The molecule has 4 amide bonds.